The fourth-order valence-electron chi connectivity index (χ4n) is 10.2. The molecule has 0 unspecified atom stereocenters. The van der Waals surface area contributed by atoms with Gasteiger partial charge in [0.15, 0.2) is 0 Å². The predicted molar refractivity (Wildman–Crippen MR) is 240 cm³/mol. The Morgan fingerprint density at radius 2 is 1.07 bits per heavy atom. The molecule has 56 heavy (non-hydrogen) atoms. The molecule has 3 heteroatoms. The summed E-state index contributed by atoms with van der Waals surface area (Å²) < 4.78 is 0. The van der Waals surface area contributed by atoms with E-state index in [1.54, 1.807) is 0 Å². The Kier molecular flexibility index (Phi) is 7.81. The molecule has 0 spiro atoms. The van der Waals surface area contributed by atoms with E-state index in [0.717, 1.165) is 17.1 Å². The summed E-state index contributed by atoms with van der Waals surface area (Å²) in [5.74, 6) is 0. The van der Waals surface area contributed by atoms with Gasteiger partial charge >= 0.3 is 0 Å². The molecular formula is C53H49BN2. The first-order valence-corrected chi connectivity index (χ1v) is 20.4. The molecule has 0 radical (unpaired) electrons. The number of fused-ring (bicyclic) bond motifs is 5. The zero-order valence-electron chi connectivity index (χ0n) is 33.5. The topological polar surface area (TPSA) is 6.48 Å². The van der Waals surface area contributed by atoms with E-state index in [9.17, 15) is 0 Å². The quantitative estimate of drug-likeness (QED) is 0.163. The van der Waals surface area contributed by atoms with Crippen LogP contribution in [0.3, 0.4) is 0 Å². The molecule has 10 rings (SSSR count). The Bertz CT molecular complexity index is 2580. The summed E-state index contributed by atoms with van der Waals surface area (Å²) in [4.78, 5) is 4.99. The van der Waals surface area contributed by atoms with E-state index in [1.165, 1.54) is 79.7 Å². The van der Waals surface area contributed by atoms with Crippen LogP contribution in [0.15, 0.2) is 164 Å². The van der Waals surface area contributed by atoms with Crippen LogP contribution in [0.5, 0.6) is 0 Å². The minimum absolute atomic E-state index is 0.0921. The van der Waals surface area contributed by atoms with Gasteiger partial charge in [0, 0.05) is 39.5 Å². The van der Waals surface area contributed by atoms with Gasteiger partial charge in [0.05, 0.1) is 0 Å². The first-order chi connectivity index (χ1) is 27.0. The smallest absolute Gasteiger partial charge is 0.247 e. The number of hydrogen-bond acceptors (Lipinski definition) is 2. The summed E-state index contributed by atoms with van der Waals surface area (Å²) in [5, 5.41) is 0. The highest BCUT2D eigenvalue weighted by atomic mass is 15.2. The van der Waals surface area contributed by atoms with Crippen molar-refractivity contribution in [2.24, 2.45) is 0 Å². The molecule has 0 amide bonds. The Hall–Kier alpha value is -5.80. The third-order valence-electron chi connectivity index (χ3n) is 13.4. The second kappa shape index (κ2) is 12.6. The van der Waals surface area contributed by atoms with E-state index in [2.05, 4.69) is 215 Å². The largest absolute Gasteiger partial charge is 0.311 e. The first kappa shape index (κ1) is 34.7. The van der Waals surface area contributed by atoms with Gasteiger partial charge in [0.25, 0.3) is 0 Å². The Morgan fingerprint density at radius 3 is 1.75 bits per heavy atom. The van der Waals surface area contributed by atoms with Crippen LogP contribution in [0.4, 0.5) is 34.1 Å². The molecule has 1 aliphatic carbocycles. The van der Waals surface area contributed by atoms with E-state index in [0.29, 0.717) is 0 Å². The lowest BCUT2D eigenvalue weighted by Gasteiger charge is -2.46. The van der Waals surface area contributed by atoms with Gasteiger partial charge < -0.3 is 9.80 Å². The summed E-state index contributed by atoms with van der Waals surface area (Å²) >= 11 is 0. The number of benzene rings is 7. The van der Waals surface area contributed by atoms with Crippen molar-refractivity contribution < 1.29 is 0 Å². The second-order valence-electron chi connectivity index (χ2n) is 18.0. The zero-order chi connectivity index (χ0) is 38.4. The highest BCUT2D eigenvalue weighted by Crippen LogP contribution is 2.50. The average Bonchev–Trinajstić information content (AvgIpc) is 3.22. The van der Waals surface area contributed by atoms with Crippen molar-refractivity contribution >= 4 is 57.2 Å². The number of rotatable bonds is 5. The predicted octanol–water partition coefficient (Wildman–Crippen LogP) is 12.1. The third-order valence-corrected chi connectivity index (χ3v) is 13.4. The van der Waals surface area contributed by atoms with Crippen LogP contribution in [0.1, 0.15) is 76.6 Å². The zero-order valence-corrected chi connectivity index (χ0v) is 33.5. The van der Waals surface area contributed by atoms with Crippen molar-refractivity contribution in [3.8, 4) is 11.1 Å². The highest BCUT2D eigenvalue weighted by molar-refractivity contribution is 6.99. The van der Waals surface area contributed by atoms with Crippen LogP contribution in [0.25, 0.3) is 11.1 Å². The molecule has 0 fully saturated rings. The minimum Gasteiger partial charge on any atom is -0.311 e. The van der Waals surface area contributed by atoms with Crippen LogP contribution in [-0.4, -0.2) is 6.71 Å². The molecule has 2 heterocycles. The fourth-order valence-corrected chi connectivity index (χ4v) is 10.2. The van der Waals surface area contributed by atoms with Crippen molar-refractivity contribution in [2.45, 2.75) is 70.6 Å². The molecule has 0 N–H and O–H groups in total. The highest BCUT2D eigenvalue weighted by Gasteiger charge is 2.46. The first-order valence-electron chi connectivity index (χ1n) is 20.4. The Balaban J connectivity index is 1.24. The van der Waals surface area contributed by atoms with E-state index in [1.807, 2.05) is 0 Å². The number of hydrogen-bond donors (Lipinski definition) is 0. The molecule has 2 nitrogen and oxygen atoms in total. The lowest BCUT2D eigenvalue weighted by atomic mass is 9.30. The van der Waals surface area contributed by atoms with Crippen LogP contribution in [-0.2, 0) is 16.2 Å². The minimum atomic E-state index is -0.190. The molecule has 0 saturated heterocycles. The molecule has 0 saturated carbocycles. The van der Waals surface area contributed by atoms with Crippen LogP contribution >= 0.6 is 0 Å². The Labute approximate surface area is 333 Å². The van der Waals surface area contributed by atoms with Crippen molar-refractivity contribution in [2.75, 3.05) is 9.80 Å². The molecule has 2 aliphatic heterocycles. The van der Waals surface area contributed by atoms with Gasteiger partial charge in [0.1, 0.15) is 0 Å². The van der Waals surface area contributed by atoms with Gasteiger partial charge in [-0.15, -0.1) is 0 Å². The standard InChI is InChI=1S/C53H49BN2/c1-51(2)31-32-52(3,4)44-34-40(26-28-42(44)51)56-48-24-16-23-43-50(48)54(46-29-25-37(33-45(46)53(43,5)6)36-17-10-7-11-18-36)47-30-27-41(35-49(47)56)55(38-19-12-8-13-20-38)39-21-14-9-15-22-39/h7-30,33-35H,31-32H2,1-6H3. The summed E-state index contributed by atoms with van der Waals surface area (Å²) in [6.45, 7) is 14.7. The molecule has 3 aliphatic rings. The van der Waals surface area contributed by atoms with E-state index < -0.39 is 0 Å². The van der Waals surface area contributed by atoms with Crippen LogP contribution in [0.2, 0.25) is 0 Å². The monoisotopic (exact) mass is 724 g/mol. The number of para-hydroxylation sites is 2. The molecule has 274 valence electrons. The average molecular weight is 725 g/mol. The Morgan fingerprint density at radius 1 is 0.446 bits per heavy atom. The summed E-state index contributed by atoms with van der Waals surface area (Å²) in [5.41, 5.74) is 19.7. The number of nitrogens with zero attached hydrogens (tertiary/aromatic N) is 2. The van der Waals surface area contributed by atoms with Gasteiger partial charge in [-0.1, -0.05) is 156 Å². The van der Waals surface area contributed by atoms with Crippen molar-refractivity contribution in [3.05, 3.63) is 186 Å². The maximum absolute atomic E-state index is 2.60. The van der Waals surface area contributed by atoms with Crippen molar-refractivity contribution in [1.82, 2.24) is 0 Å². The van der Waals surface area contributed by atoms with E-state index in [4.69, 9.17) is 0 Å². The van der Waals surface area contributed by atoms with Gasteiger partial charge in [-0.2, -0.15) is 0 Å². The third kappa shape index (κ3) is 5.31. The van der Waals surface area contributed by atoms with Gasteiger partial charge in [-0.05, 0) is 123 Å². The summed E-state index contributed by atoms with van der Waals surface area (Å²) in [7, 11) is 0. The normalized spacial score (nSPS) is 16.6. The summed E-state index contributed by atoms with van der Waals surface area (Å²) in [6.07, 6.45) is 2.38. The van der Waals surface area contributed by atoms with Crippen LogP contribution < -0.4 is 26.2 Å². The summed E-state index contributed by atoms with van der Waals surface area (Å²) in [6, 6.07) is 61.3. The lowest BCUT2D eigenvalue weighted by molar-refractivity contribution is 0.332. The maximum Gasteiger partial charge on any atom is 0.247 e. The van der Waals surface area contributed by atoms with E-state index in [-0.39, 0.29) is 23.0 Å². The molecular weight excluding hydrogens is 675 g/mol. The van der Waals surface area contributed by atoms with E-state index >= 15 is 0 Å². The van der Waals surface area contributed by atoms with Crippen molar-refractivity contribution in [1.29, 1.82) is 0 Å². The lowest BCUT2D eigenvalue weighted by Crippen LogP contribution is -2.64. The fraction of sp³-hybridized carbons (Fsp3) is 0.208. The molecule has 7 aromatic carbocycles. The molecule has 0 bridgehead atoms. The maximum atomic E-state index is 2.60. The molecule has 7 aromatic rings. The number of anilines is 6. The molecule has 0 atom stereocenters. The van der Waals surface area contributed by atoms with Crippen LogP contribution in [0, 0.1) is 0 Å². The van der Waals surface area contributed by atoms with Crippen molar-refractivity contribution in [3.63, 3.8) is 0 Å². The molecule has 0 aromatic heterocycles. The van der Waals surface area contributed by atoms with Gasteiger partial charge in [-0.25, -0.2) is 0 Å². The van der Waals surface area contributed by atoms with Gasteiger partial charge in [-0.3, -0.25) is 0 Å². The van der Waals surface area contributed by atoms with Gasteiger partial charge in [0.2, 0.25) is 6.71 Å². The second-order valence-corrected chi connectivity index (χ2v) is 18.0. The SMILES string of the molecule is CC1(C)CCC(C)(C)c2cc(N3c4cc(N(c5ccccc5)c5ccccc5)ccc4B4c5ccc(-c6ccccc6)cc5C(C)(C)c5cccc3c54)ccc21.